The van der Waals surface area contributed by atoms with E-state index in [-0.39, 0.29) is 5.92 Å². The van der Waals surface area contributed by atoms with Gasteiger partial charge in [-0.2, -0.15) is 0 Å². The van der Waals surface area contributed by atoms with Crippen molar-refractivity contribution in [2.75, 3.05) is 0 Å². The van der Waals surface area contributed by atoms with E-state index in [1.54, 1.807) is 20.8 Å². The van der Waals surface area contributed by atoms with Crippen LogP contribution in [-0.4, -0.2) is 0 Å². The molecule has 96 valence electrons. The molecule has 0 spiro atoms. The molecule has 0 nitrogen and oxygen atoms in total. The predicted molar refractivity (Wildman–Crippen MR) is 54.1 cm³/mol. The van der Waals surface area contributed by atoms with Crippen LogP contribution in [0.1, 0.15) is 38.7 Å². The standard InChI is InChI=1S/C12H13F5/c1-4-6(5(2)3)7-8(13)10(15)12(17)11(16)9(7)14/h5-6H,4H2,1-3H3/t6-/m0/s1. The van der Waals surface area contributed by atoms with Gasteiger partial charge in [-0.1, -0.05) is 20.8 Å². The fourth-order valence-electron chi connectivity index (χ4n) is 1.96. The zero-order chi connectivity index (χ0) is 13.3. The molecule has 0 unspecified atom stereocenters. The fraction of sp³-hybridized carbons (Fsp3) is 0.500. The molecule has 5 heteroatoms. The normalized spacial score (nSPS) is 13.2. The molecule has 1 atom stereocenters. The van der Waals surface area contributed by atoms with Crippen molar-refractivity contribution < 1.29 is 22.0 Å². The molecule has 0 aromatic heterocycles. The van der Waals surface area contributed by atoms with E-state index < -0.39 is 40.6 Å². The Labute approximate surface area is 96.4 Å². The summed E-state index contributed by atoms with van der Waals surface area (Å²) in [6.07, 6.45) is 0.302. The summed E-state index contributed by atoms with van der Waals surface area (Å²) in [5.74, 6) is -10.2. The summed E-state index contributed by atoms with van der Waals surface area (Å²) in [6, 6.07) is 0. The van der Waals surface area contributed by atoms with Crippen LogP contribution in [0.2, 0.25) is 0 Å². The van der Waals surface area contributed by atoms with E-state index in [1.165, 1.54) is 0 Å². The van der Waals surface area contributed by atoms with Gasteiger partial charge in [-0.05, 0) is 18.3 Å². The van der Waals surface area contributed by atoms with Crippen LogP contribution in [0.3, 0.4) is 0 Å². The first-order chi connectivity index (χ1) is 7.82. The summed E-state index contributed by atoms with van der Waals surface area (Å²) in [5, 5.41) is 0. The highest BCUT2D eigenvalue weighted by molar-refractivity contribution is 5.27. The summed E-state index contributed by atoms with van der Waals surface area (Å²) < 4.78 is 65.8. The van der Waals surface area contributed by atoms with Gasteiger partial charge in [0.25, 0.3) is 0 Å². The summed E-state index contributed by atoms with van der Waals surface area (Å²) in [5.41, 5.74) is -0.709. The third-order valence-corrected chi connectivity index (χ3v) is 2.86. The lowest BCUT2D eigenvalue weighted by Crippen LogP contribution is -2.15. The Balaban J connectivity index is 3.53. The van der Waals surface area contributed by atoms with Gasteiger partial charge < -0.3 is 0 Å². The van der Waals surface area contributed by atoms with Crippen molar-refractivity contribution in [2.45, 2.75) is 33.1 Å². The van der Waals surface area contributed by atoms with Crippen LogP contribution in [0.15, 0.2) is 0 Å². The minimum atomic E-state index is -2.11. The summed E-state index contributed by atoms with van der Waals surface area (Å²) >= 11 is 0. The minimum Gasteiger partial charge on any atom is -0.203 e. The van der Waals surface area contributed by atoms with Crippen LogP contribution >= 0.6 is 0 Å². The first-order valence-electron chi connectivity index (χ1n) is 5.34. The average molecular weight is 252 g/mol. The first kappa shape index (κ1) is 13.9. The third-order valence-electron chi connectivity index (χ3n) is 2.86. The molecule has 0 fully saturated rings. The van der Waals surface area contributed by atoms with Crippen molar-refractivity contribution >= 4 is 0 Å². The molecule has 1 aromatic carbocycles. The lowest BCUT2D eigenvalue weighted by Gasteiger charge is -2.21. The SMILES string of the molecule is CC[C@H](c1c(F)c(F)c(F)c(F)c1F)C(C)C. The summed E-state index contributed by atoms with van der Waals surface area (Å²) in [4.78, 5) is 0. The Morgan fingerprint density at radius 3 is 1.41 bits per heavy atom. The molecular weight excluding hydrogens is 239 g/mol. The Hall–Kier alpha value is -1.13. The van der Waals surface area contributed by atoms with E-state index in [2.05, 4.69) is 0 Å². The number of benzene rings is 1. The van der Waals surface area contributed by atoms with Crippen molar-refractivity contribution in [1.82, 2.24) is 0 Å². The average Bonchev–Trinajstić information content (AvgIpc) is 2.29. The predicted octanol–water partition coefficient (Wildman–Crippen LogP) is 4.53. The van der Waals surface area contributed by atoms with Gasteiger partial charge in [0, 0.05) is 5.56 Å². The molecule has 0 heterocycles. The molecule has 0 radical (unpaired) electrons. The molecule has 0 saturated carbocycles. The molecule has 17 heavy (non-hydrogen) atoms. The minimum absolute atomic E-state index is 0.215. The maximum Gasteiger partial charge on any atom is 0.200 e. The molecule has 0 amide bonds. The fourth-order valence-corrected chi connectivity index (χ4v) is 1.96. The monoisotopic (exact) mass is 252 g/mol. The maximum absolute atomic E-state index is 13.5. The van der Waals surface area contributed by atoms with Crippen LogP contribution in [0.25, 0.3) is 0 Å². The van der Waals surface area contributed by atoms with Crippen LogP contribution < -0.4 is 0 Å². The van der Waals surface area contributed by atoms with Gasteiger partial charge in [0.05, 0.1) is 0 Å². The highest BCUT2D eigenvalue weighted by Gasteiger charge is 2.30. The zero-order valence-corrected chi connectivity index (χ0v) is 9.75. The molecule has 0 bridgehead atoms. The molecular formula is C12H13F5. The second-order valence-electron chi connectivity index (χ2n) is 4.24. The number of rotatable bonds is 3. The zero-order valence-electron chi connectivity index (χ0n) is 9.75. The topological polar surface area (TPSA) is 0 Å². The van der Waals surface area contributed by atoms with E-state index in [4.69, 9.17) is 0 Å². The van der Waals surface area contributed by atoms with Crippen molar-refractivity contribution in [2.24, 2.45) is 5.92 Å². The van der Waals surface area contributed by atoms with E-state index in [0.717, 1.165) is 0 Å². The number of hydrogen-bond acceptors (Lipinski definition) is 0. The number of halogens is 5. The Kier molecular flexibility index (Phi) is 4.11. The van der Waals surface area contributed by atoms with Gasteiger partial charge in [-0.3, -0.25) is 0 Å². The van der Waals surface area contributed by atoms with Crippen LogP contribution in [0.5, 0.6) is 0 Å². The molecule has 1 rings (SSSR count). The van der Waals surface area contributed by atoms with E-state index >= 15 is 0 Å². The largest absolute Gasteiger partial charge is 0.203 e. The first-order valence-corrected chi connectivity index (χ1v) is 5.34. The van der Waals surface area contributed by atoms with Gasteiger partial charge >= 0.3 is 0 Å². The highest BCUT2D eigenvalue weighted by atomic mass is 19.2. The molecule has 0 aliphatic carbocycles. The second kappa shape index (κ2) is 5.02. The van der Waals surface area contributed by atoms with Gasteiger partial charge in [0.2, 0.25) is 5.82 Å². The smallest absolute Gasteiger partial charge is 0.200 e. The van der Waals surface area contributed by atoms with E-state index in [1.807, 2.05) is 0 Å². The maximum atomic E-state index is 13.5. The van der Waals surface area contributed by atoms with E-state index in [0.29, 0.717) is 6.42 Å². The Morgan fingerprint density at radius 1 is 0.765 bits per heavy atom. The van der Waals surface area contributed by atoms with Crippen LogP contribution in [0, 0.1) is 35.0 Å². The van der Waals surface area contributed by atoms with Gasteiger partial charge in [0.1, 0.15) is 0 Å². The van der Waals surface area contributed by atoms with Crippen molar-refractivity contribution in [3.05, 3.63) is 34.6 Å². The molecule has 1 aromatic rings. The number of hydrogen-bond donors (Lipinski definition) is 0. The van der Waals surface area contributed by atoms with Crippen molar-refractivity contribution in [1.29, 1.82) is 0 Å². The van der Waals surface area contributed by atoms with Crippen molar-refractivity contribution in [3.8, 4) is 0 Å². The summed E-state index contributed by atoms with van der Waals surface area (Å²) in [6.45, 7) is 4.99. The lowest BCUT2D eigenvalue weighted by molar-refractivity contribution is 0.349. The van der Waals surface area contributed by atoms with Crippen LogP contribution in [-0.2, 0) is 0 Å². The Morgan fingerprint density at radius 2 is 1.12 bits per heavy atom. The highest BCUT2D eigenvalue weighted by Crippen LogP contribution is 2.34. The lowest BCUT2D eigenvalue weighted by atomic mass is 9.85. The molecule has 0 N–H and O–H groups in total. The third kappa shape index (κ3) is 2.28. The van der Waals surface area contributed by atoms with E-state index in [9.17, 15) is 22.0 Å². The van der Waals surface area contributed by atoms with Crippen LogP contribution in [0.4, 0.5) is 22.0 Å². The van der Waals surface area contributed by atoms with Gasteiger partial charge in [-0.25, -0.2) is 22.0 Å². The van der Waals surface area contributed by atoms with Crippen molar-refractivity contribution in [3.63, 3.8) is 0 Å². The summed E-state index contributed by atoms with van der Waals surface area (Å²) in [7, 11) is 0. The second-order valence-corrected chi connectivity index (χ2v) is 4.24. The molecule has 0 aliphatic rings. The quantitative estimate of drug-likeness (QED) is 0.421. The molecule has 0 aliphatic heterocycles. The van der Waals surface area contributed by atoms with Gasteiger partial charge in [0.15, 0.2) is 23.3 Å². The molecule has 0 saturated heterocycles. The Bertz CT molecular complexity index is 396. The van der Waals surface area contributed by atoms with Gasteiger partial charge in [-0.15, -0.1) is 0 Å².